The Morgan fingerprint density at radius 3 is 2.67 bits per heavy atom. The van der Waals surface area contributed by atoms with Crippen LogP contribution in [0.15, 0.2) is 0 Å². The van der Waals surface area contributed by atoms with Crippen molar-refractivity contribution in [1.29, 1.82) is 0 Å². The predicted octanol–water partition coefficient (Wildman–Crippen LogP) is 1.35. The van der Waals surface area contributed by atoms with Crippen LogP contribution in [-0.2, 0) is 4.79 Å². The molecule has 0 saturated carbocycles. The summed E-state index contributed by atoms with van der Waals surface area (Å²) in [6.45, 7) is 8.61. The van der Waals surface area contributed by atoms with E-state index in [2.05, 4.69) is 24.1 Å². The summed E-state index contributed by atoms with van der Waals surface area (Å²) in [5.41, 5.74) is 5.85. The lowest BCUT2D eigenvalue weighted by Crippen LogP contribution is -2.37. The van der Waals surface area contributed by atoms with Crippen LogP contribution in [0.1, 0.15) is 46.0 Å². The average Bonchev–Trinajstić information content (AvgIpc) is 2.79. The molecule has 1 aliphatic heterocycles. The van der Waals surface area contributed by atoms with Crippen molar-refractivity contribution in [2.75, 3.05) is 26.2 Å². The van der Waals surface area contributed by atoms with E-state index >= 15 is 0 Å². The quantitative estimate of drug-likeness (QED) is 0.688. The summed E-state index contributed by atoms with van der Waals surface area (Å²) >= 11 is 0. The van der Waals surface area contributed by atoms with E-state index in [1.54, 1.807) is 0 Å². The minimum absolute atomic E-state index is 0.0175. The van der Waals surface area contributed by atoms with Gasteiger partial charge in [-0.05, 0) is 38.3 Å². The van der Waals surface area contributed by atoms with Crippen molar-refractivity contribution < 1.29 is 4.79 Å². The molecule has 2 atom stereocenters. The van der Waals surface area contributed by atoms with E-state index in [0.29, 0.717) is 12.3 Å². The molecule has 1 heterocycles. The number of nitrogens with two attached hydrogens (primary N) is 1. The lowest BCUT2D eigenvalue weighted by molar-refractivity contribution is -0.121. The third kappa shape index (κ3) is 6.36. The fourth-order valence-corrected chi connectivity index (χ4v) is 2.54. The van der Waals surface area contributed by atoms with Crippen LogP contribution in [-0.4, -0.2) is 43.0 Å². The zero-order valence-electron chi connectivity index (χ0n) is 12.0. The van der Waals surface area contributed by atoms with Gasteiger partial charge in [-0.25, -0.2) is 0 Å². The van der Waals surface area contributed by atoms with Crippen molar-refractivity contribution >= 4 is 5.91 Å². The summed E-state index contributed by atoms with van der Waals surface area (Å²) in [6.07, 6.45) is 5.08. The van der Waals surface area contributed by atoms with Crippen LogP contribution in [0.5, 0.6) is 0 Å². The molecule has 2 unspecified atom stereocenters. The molecule has 18 heavy (non-hydrogen) atoms. The Hall–Kier alpha value is -0.610. The molecule has 0 radical (unpaired) electrons. The van der Waals surface area contributed by atoms with E-state index in [9.17, 15) is 4.79 Å². The van der Waals surface area contributed by atoms with Crippen LogP contribution in [0.2, 0.25) is 0 Å². The molecule has 3 N–H and O–H groups in total. The molecule has 1 rings (SSSR count). The standard InChI is InChI=1S/C14H29N3O/c1-3-6-13(15)9-14(18)16-10-12(2)11-17-7-4-5-8-17/h12-13H,3-11,15H2,1-2H3,(H,16,18). The number of hydrogen-bond acceptors (Lipinski definition) is 3. The van der Waals surface area contributed by atoms with Crippen LogP contribution in [0.3, 0.4) is 0 Å². The van der Waals surface area contributed by atoms with Crippen LogP contribution in [0.4, 0.5) is 0 Å². The summed E-state index contributed by atoms with van der Waals surface area (Å²) in [4.78, 5) is 14.2. The zero-order valence-corrected chi connectivity index (χ0v) is 12.0. The molecule has 106 valence electrons. The number of carbonyl (C=O) groups is 1. The van der Waals surface area contributed by atoms with E-state index in [-0.39, 0.29) is 11.9 Å². The normalized spacial score (nSPS) is 19.7. The molecule has 4 nitrogen and oxygen atoms in total. The Labute approximate surface area is 111 Å². The Balaban J connectivity index is 2.09. The number of amides is 1. The molecule has 1 aliphatic rings. The molecule has 0 aliphatic carbocycles. The number of nitrogens with zero attached hydrogens (tertiary/aromatic N) is 1. The molecule has 0 bridgehead atoms. The first kappa shape index (κ1) is 15.4. The van der Waals surface area contributed by atoms with Gasteiger partial charge in [-0.15, -0.1) is 0 Å². The zero-order chi connectivity index (χ0) is 13.4. The minimum Gasteiger partial charge on any atom is -0.356 e. The van der Waals surface area contributed by atoms with Gasteiger partial charge in [0.1, 0.15) is 0 Å². The molecule has 0 aromatic heterocycles. The van der Waals surface area contributed by atoms with Crippen molar-refractivity contribution in [3.8, 4) is 0 Å². The number of rotatable bonds is 8. The topological polar surface area (TPSA) is 58.4 Å². The molecular weight excluding hydrogens is 226 g/mol. The van der Waals surface area contributed by atoms with E-state index < -0.39 is 0 Å². The molecular formula is C14H29N3O. The first-order valence-corrected chi connectivity index (χ1v) is 7.36. The van der Waals surface area contributed by atoms with Gasteiger partial charge in [0.05, 0.1) is 0 Å². The highest BCUT2D eigenvalue weighted by Crippen LogP contribution is 2.09. The van der Waals surface area contributed by atoms with Gasteiger partial charge in [0.2, 0.25) is 5.91 Å². The Morgan fingerprint density at radius 2 is 2.06 bits per heavy atom. The van der Waals surface area contributed by atoms with Gasteiger partial charge in [0.15, 0.2) is 0 Å². The molecule has 1 saturated heterocycles. The second kappa shape index (κ2) is 8.48. The Bertz CT molecular complexity index is 239. The summed E-state index contributed by atoms with van der Waals surface area (Å²) in [5.74, 6) is 0.624. The van der Waals surface area contributed by atoms with Crippen molar-refractivity contribution in [3.63, 3.8) is 0 Å². The molecule has 1 fully saturated rings. The van der Waals surface area contributed by atoms with Crippen molar-refractivity contribution in [1.82, 2.24) is 10.2 Å². The largest absolute Gasteiger partial charge is 0.356 e. The van der Waals surface area contributed by atoms with Gasteiger partial charge in [0.25, 0.3) is 0 Å². The van der Waals surface area contributed by atoms with Gasteiger partial charge in [-0.1, -0.05) is 20.3 Å². The predicted molar refractivity (Wildman–Crippen MR) is 75.3 cm³/mol. The lowest BCUT2D eigenvalue weighted by Gasteiger charge is -2.20. The van der Waals surface area contributed by atoms with Gasteiger partial charge < -0.3 is 16.0 Å². The van der Waals surface area contributed by atoms with Crippen molar-refractivity contribution in [2.45, 2.75) is 52.0 Å². The fourth-order valence-electron chi connectivity index (χ4n) is 2.54. The van der Waals surface area contributed by atoms with E-state index in [1.165, 1.54) is 25.9 Å². The van der Waals surface area contributed by atoms with Crippen LogP contribution in [0, 0.1) is 5.92 Å². The third-order valence-corrected chi connectivity index (χ3v) is 3.52. The van der Waals surface area contributed by atoms with E-state index in [0.717, 1.165) is 25.9 Å². The maximum absolute atomic E-state index is 11.7. The maximum Gasteiger partial charge on any atom is 0.221 e. The van der Waals surface area contributed by atoms with Gasteiger partial charge in [0, 0.05) is 25.6 Å². The first-order chi connectivity index (χ1) is 8.61. The second-order valence-electron chi connectivity index (χ2n) is 5.67. The molecule has 0 aromatic rings. The van der Waals surface area contributed by atoms with Gasteiger partial charge in [-0.3, -0.25) is 4.79 Å². The van der Waals surface area contributed by atoms with Crippen LogP contribution < -0.4 is 11.1 Å². The van der Waals surface area contributed by atoms with Gasteiger partial charge in [-0.2, -0.15) is 0 Å². The summed E-state index contributed by atoms with van der Waals surface area (Å²) < 4.78 is 0. The molecule has 4 heteroatoms. The van der Waals surface area contributed by atoms with Crippen molar-refractivity contribution in [3.05, 3.63) is 0 Å². The SMILES string of the molecule is CCCC(N)CC(=O)NCC(C)CN1CCCC1. The molecule has 0 spiro atoms. The number of carbonyl (C=O) groups excluding carboxylic acids is 1. The highest BCUT2D eigenvalue weighted by Gasteiger charge is 2.15. The van der Waals surface area contributed by atoms with E-state index in [4.69, 9.17) is 5.73 Å². The third-order valence-electron chi connectivity index (χ3n) is 3.52. The monoisotopic (exact) mass is 255 g/mol. The smallest absolute Gasteiger partial charge is 0.221 e. The Morgan fingerprint density at radius 1 is 1.39 bits per heavy atom. The Kier molecular flexibility index (Phi) is 7.28. The maximum atomic E-state index is 11.7. The first-order valence-electron chi connectivity index (χ1n) is 7.36. The average molecular weight is 255 g/mol. The van der Waals surface area contributed by atoms with Gasteiger partial charge >= 0.3 is 0 Å². The minimum atomic E-state index is 0.0175. The second-order valence-corrected chi connectivity index (χ2v) is 5.67. The summed E-state index contributed by atoms with van der Waals surface area (Å²) in [7, 11) is 0. The summed E-state index contributed by atoms with van der Waals surface area (Å²) in [5, 5.41) is 3.00. The highest BCUT2D eigenvalue weighted by molar-refractivity contribution is 5.76. The van der Waals surface area contributed by atoms with Crippen LogP contribution in [0.25, 0.3) is 0 Å². The molecule has 1 amide bonds. The molecule has 0 aromatic carbocycles. The summed E-state index contributed by atoms with van der Waals surface area (Å²) in [6, 6.07) is 0.0175. The van der Waals surface area contributed by atoms with Crippen molar-refractivity contribution in [2.24, 2.45) is 11.7 Å². The lowest BCUT2D eigenvalue weighted by atomic mass is 10.1. The van der Waals surface area contributed by atoms with E-state index in [1.807, 2.05) is 0 Å². The van der Waals surface area contributed by atoms with Crippen LogP contribution >= 0.6 is 0 Å². The number of likely N-dealkylation sites (tertiary alicyclic amines) is 1. The number of nitrogens with one attached hydrogen (secondary N) is 1. The fraction of sp³-hybridized carbons (Fsp3) is 0.929. The number of hydrogen-bond donors (Lipinski definition) is 2. The highest BCUT2D eigenvalue weighted by atomic mass is 16.1.